The van der Waals surface area contributed by atoms with Gasteiger partial charge in [0, 0.05) is 6.04 Å². The number of benzene rings is 1. The minimum atomic E-state index is 0.314. The smallest absolute Gasteiger partial charge is 0.115 e. The number of phenols is 1. The maximum atomic E-state index is 9.49. The lowest BCUT2D eigenvalue weighted by atomic mass is 9.82. The molecule has 3 unspecified atom stereocenters. The molecule has 100 valence electrons. The van der Waals surface area contributed by atoms with E-state index in [1.807, 2.05) is 12.1 Å². The molecule has 0 saturated heterocycles. The first kappa shape index (κ1) is 13.4. The van der Waals surface area contributed by atoms with Gasteiger partial charge in [0.1, 0.15) is 5.75 Å². The van der Waals surface area contributed by atoms with Gasteiger partial charge in [-0.05, 0) is 55.8 Å². The summed E-state index contributed by atoms with van der Waals surface area (Å²) in [6.45, 7) is 5.63. The number of nitrogens with one attached hydrogen (secondary N) is 1. The summed E-state index contributed by atoms with van der Waals surface area (Å²) in [6.07, 6.45) is 5.51. The first-order valence-corrected chi connectivity index (χ1v) is 7.17. The molecule has 1 fully saturated rings. The third-order valence-corrected chi connectivity index (χ3v) is 4.13. The van der Waals surface area contributed by atoms with Crippen molar-refractivity contribution < 1.29 is 5.11 Å². The molecular weight excluding hydrogens is 222 g/mol. The molecule has 1 aliphatic carbocycles. The predicted molar refractivity (Wildman–Crippen MR) is 75.6 cm³/mol. The van der Waals surface area contributed by atoms with Crippen LogP contribution in [0.15, 0.2) is 24.3 Å². The number of hydrogen-bond donors (Lipinski definition) is 2. The van der Waals surface area contributed by atoms with Gasteiger partial charge in [-0.15, -0.1) is 0 Å². The van der Waals surface area contributed by atoms with Crippen molar-refractivity contribution in [3.05, 3.63) is 29.8 Å². The second-order valence-electron chi connectivity index (χ2n) is 5.86. The van der Waals surface area contributed by atoms with Crippen molar-refractivity contribution in [2.75, 3.05) is 6.54 Å². The summed E-state index contributed by atoms with van der Waals surface area (Å²) in [6, 6.07) is 7.86. The molecule has 1 aromatic carbocycles. The molecule has 2 nitrogen and oxygen atoms in total. The van der Waals surface area contributed by atoms with Gasteiger partial charge in [0.15, 0.2) is 0 Å². The Labute approximate surface area is 110 Å². The van der Waals surface area contributed by atoms with E-state index in [1.54, 1.807) is 6.07 Å². The van der Waals surface area contributed by atoms with Crippen molar-refractivity contribution in [3.63, 3.8) is 0 Å². The summed E-state index contributed by atoms with van der Waals surface area (Å²) in [5, 5.41) is 13.1. The number of hydrogen-bond acceptors (Lipinski definition) is 2. The van der Waals surface area contributed by atoms with Crippen LogP contribution >= 0.6 is 0 Å². The number of phenolic OH excluding ortho intramolecular Hbond substituents is 1. The lowest BCUT2D eigenvalue weighted by molar-refractivity contribution is 0.268. The highest BCUT2D eigenvalue weighted by atomic mass is 16.3. The Morgan fingerprint density at radius 1 is 1.39 bits per heavy atom. The molecule has 1 aromatic rings. The van der Waals surface area contributed by atoms with Crippen LogP contribution in [0.2, 0.25) is 0 Å². The van der Waals surface area contributed by atoms with Crippen LogP contribution in [0.4, 0.5) is 0 Å². The van der Waals surface area contributed by atoms with Crippen LogP contribution in [-0.4, -0.2) is 11.7 Å². The Balaban J connectivity index is 1.82. The van der Waals surface area contributed by atoms with Crippen LogP contribution in [0.5, 0.6) is 5.75 Å². The van der Waals surface area contributed by atoms with E-state index in [-0.39, 0.29) is 0 Å². The van der Waals surface area contributed by atoms with E-state index in [4.69, 9.17) is 0 Å². The fourth-order valence-corrected chi connectivity index (χ4v) is 3.00. The number of aromatic hydroxyl groups is 1. The Kier molecular flexibility index (Phi) is 4.65. The van der Waals surface area contributed by atoms with Crippen LogP contribution in [0, 0.1) is 11.8 Å². The van der Waals surface area contributed by atoms with Gasteiger partial charge >= 0.3 is 0 Å². The molecule has 18 heavy (non-hydrogen) atoms. The van der Waals surface area contributed by atoms with Gasteiger partial charge < -0.3 is 10.4 Å². The molecular formula is C16H25NO. The Morgan fingerprint density at radius 3 is 2.94 bits per heavy atom. The van der Waals surface area contributed by atoms with Gasteiger partial charge in [-0.3, -0.25) is 0 Å². The summed E-state index contributed by atoms with van der Waals surface area (Å²) in [5.74, 6) is 2.07. The van der Waals surface area contributed by atoms with Crippen LogP contribution in [-0.2, 0) is 0 Å². The largest absolute Gasteiger partial charge is 0.508 e. The summed E-state index contributed by atoms with van der Waals surface area (Å²) < 4.78 is 0. The highest BCUT2D eigenvalue weighted by molar-refractivity contribution is 5.28. The molecule has 0 radical (unpaired) electrons. The quantitative estimate of drug-likeness (QED) is 0.846. The van der Waals surface area contributed by atoms with E-state index in [1.165, 1.54) is 31.2 Å². The normalized spacial score (nSPS) is 25.9. The van der Waals surface area contributed by atoms with Gasteiger partial charge in [-0.25, -0.2) is 0 Å². The Bertz CT molecular complexity index is 377. The monoisotopic (exact) mass is 247 g/mol. The molecule has 0 heterocycles. The SMILES string of the molecule is CC1CCCC(CNC(C)c2cccc(O)c2)C1. The van der Waals surface area contributed by atoms with Crippen molar-refractivity contribution in [1.29, 1.82) is 0 Å². The van der Waals surface area contributed by atoms with Crippen LogP contribution in [0.1, 0.15) is 51.1 Å². The lowest BCUT2D eigenvalue weighted by Gasteiger charge is -2.28. The second kappa shape index (κ2) is 6.24. The Hall–Kier alpha value is -1.02. The maximum absolute atomic E-state index is 9.49. The van der Waals surface area contributed by atoms with Crippen molar-refractivity contribution in [3.8, 4) is 5.75 Å². The van der Waals surface area contributed by atoms with E-state index in [9.17, 15) is 5.11 Å². The van der Waals surface area contributed by atoms with Crippen molar-refractivity contribution in [2.24, 2.45) is 11.8 Å². The zero-order chi connectivity index (χ0) is 13.0. The fraction of sp³-hybridized carbons (Fsp3) is 0.625. The van der Waals surface area contributed by atoms with Crippen molar-refractivity contribution in [2.45, 2.75) is 45.6 Å². The van der Waals surface area contributed by atoms with Gasteiger partial charge in [0.05, 0.1) is 0 Å². The summed E-state index contributed by atoms with van der Waals surface area (Å²) in [7, 11) is 0. The highest BCUT2D eigenvalue weighted by Gasteiger charge is 2.19. The van der Waals surface area contributed by atoms with Gasteiger partial charge in [-0.2, -0.15) is 0 Å². The first-order chi connectivity index (χ1) is 8.65. The third-order valence-electron chi connectivity index (χ3n) is 4.13. The third kappa shape index (κ3) is 3.74. The van der Waals surface area contributed by atoms with Gasteiger partial charge in [0.25, 0.3) is 0 Å². The molecule has 1 saturated carbocycles. The van der Waals surface area contributed by atoms with E-state index >= 15 is 0 Å². The second-order valence-corrected chi connectivity index (χ2v) is 5.86. The van der Waals surface area contributed by atoms with Crippen LogP contribution in [0.25, 0.3) is 0 Å². The Morgan fingerprint density at radius 2 is 2.22 bits per heavy atom. The van der Waals surface area contributed by atoms with Crippen molar-refractivity contribution >= 4 is 0 Å². The molecule has 0 amide bonds. The average molecular weight is 247 g/mol. The zero-order valence-corrected chi connectivity index (χ0v) is 11.5. The molecule has 0 aromatic heterocycles. The molecule has 0 spiro atoms. The lowest BCUT2D eigenvalue weighted by Crippen LogP contribution is -2.28. The topological polar surface area (TPSA) is 32.3 Å². The minimum absolute atomic E-state index is 0.314. The van der Waals surface area contributed by atoms with Gasteiger partial charge in [-0.1, -0.05) is 31.9 Å². The molecule has 0 bridgehead atoms. The first-order valence-electron chi connectivity index (χ1n) is 7.17. The van der Waals surface area contributed by atoms with E-state index in [0.717, 1.165) is 18.4 Å². The molecule has 1 aliphatic rings. The van der Waals surface area contributed by atoms with Crippen molar-refractivity contribution in [1.82, 2.24) is 5.32 Å². The van der Waals surface area contributed by atoms with Crippen LogP contribution < -0.4 is 5.32 Å². The van der Waals surface area contributed by atoms with Gasteiger partial charge in [0.2, 0.25) is 0 Å². The van der Waals surface area contributed by atoms with E-state index in [2.05, 4.69) is 25.2 Å². The molecule has 2 rings (SSSR count). The molecule has 2 heteroatoms. The predicted octanol–water partition coefficient (Wildman–Crippen LogP) is 3.87. The standard InChI is InChI=1S/C16H25NO/c1-12-5-3-6-14(9-12)11-17-13(2)15-7-4-8-16(18)10-15/h4,7-8,10,12-14,17-18H,3,5-6,9,11H2,1-2H3. The summed E-state index contributed by atoms with van der Waals surface area (Å²) in [4.78, 5) is 0. The summed E-state index contributed by atoms with van der Waals surface area (Å²) in [5.41, 5.74) is 1.17. The van der Waals surface area contributed by atoms with E-state index < -0.39 is 0 Å². The summed E-state index contributed by atoms with van der Waals surface area (Å²) >= 11 is 0. The van der Waals surface area contributed by atoms with Crippen LogP contribution in [0.3, 0.4) is 0 Å². The highest BCUT2D eigenvalue weighted by Crippen LogP contribution is 2.28. The fourth-order valence-electron chi connectivity index (χ4n) is 3.00. The average Bonchev–Trinajstić information content (AvgIpc) is 2.36. The number of rotatable bonds is 4. The van der Waals surface area contributed by atoms with E-state index in [0.29, 0.717) is 11.8 Å². The molecule has 0 aliphatic heterocycles. The molecule has 3 atom stereocenters. The maximum Gasteiger partial charge on any atom is 0.115 e. The minimum Gasteiger partial charge on any atom is -0.508 e. The zero-order valence-electron chi connectivity index (χ0n) is 11.5. The molecule has 2 N–H and O–H groups in total.